The van der Waals surface area contributed by atoms with Crippen molar-refractivity contribution in [3.8, 4) is 0 Å². The monoisotopic (exact) mass is 375 g/mol. The molecule has 2 unspecified atom stereocenters. The van der Waals surface area contributed by atoms with Crippen molar-refractivity contribution < 1.29 is 19.1 Å². The summed E-state index contributed by atoms with van der Waals surface area (Å²) in [6.45, 7) is 1.98. The maximum atomic E-state index is 13.5. The number of amides is 1. The fourth-order valence-corrected chi connectivity index (χ4v) is 4.30. The van der Waals surface area contributed by atoms with Gasteiger partial charge in [-0.25, -0.2) is 9.18 Å². The fourth-order valence-electron chi connectivity index (χ4n) is 2.32. The molecule has 1 N–H and O–H groups in total. The first kappa shape index (κ1) is 16.3. The number of thioether (sulfide) groups is 1. The molecule has 1 aliphatic heterocycles. The van der Waals surface area contributed by atoms with E-state index in [0.29, 0.717) is 10.2 Å². The number of carboxylic acids is 1. The van der Waals surface area contributed by atoms with Gasteiger partial charge in [0.15, 0.2) is 0 Å². The molecular weight excluding hydrogens is 361 g/mol. The number of benzene rings is 1. The molecule has 0 bridgehead atoms. The summed E-state index contributed by atoms with van der Waals surface area (Å²) < 4.78 is 13.9. The molecule has 7 heteroatoms. The van der Waals surface area contributed by atoms with E-state index in [1.54, 1.807) is 0 Å². The lowest BCUT2D eigenvalue weighted by Gasteiger charge is -2.27. The molecule has 0 aromatic heterocycles. The van der Waals surface area contributed by atoms with E-state index >= 15 is 0 Å². The minimum atomic E-state index is -1.02. The molecule has 1 aromatic carbocycles. The van der Waals surface area contributed by atoms with Gasteiger partial charge in [0.2, 0.25) is 0 Å². The second-order valence-corrected chi connectivity index (χ2v) is 6.93. The van der Waals surface area contributed by atoms with Crippen molar-refractivity contribution in [2.75, 3.05) is 5.75 Å². The zero-order valence-electron chi connectivity index (χ0n) is 11.4. The maximum absolute atomic E-state index is 13.5. The Morgan fingerprint density at radius 1 is 1.48 bits per heavy atom. The predicted molar refractivity (Wildman–Crippen MR) is 82.8 cm³/mol. The van der Waals surface area contributed by atoms with Crippen molar-refractivity contribution in [1.29, 1.82) is 0 Å². The van der Waals surface area contributed by atoms with Crippen LogP contribution in [0.15, 0.2) is 22.7 Å². The molecule has 1 amide bonds. The average molecular weight is 376 g/mol. The molecule has 4 nitrogen and oxygen atoms in total. The van der Waals surface area contributed by atoms with Gasteiger partial charge in [-0.15, -0.1) is 11.8 Å². The van der Waals surface area contributed by atoms with Gasteiger partial charge in [-0.3, -0.25) is 4.79 Å². The van der Waals surface area contributed by atoms with E-state index in [2.05, 4.69) is 15.9 Å². The van der Waals surface area contributed by atoms with E-state index in [0.717, 1.165) is 18.9 Å². The highest BCUT2D eigenvalue weighted by Gasteiger charge is 2.41. The zero-order chi connectivity index (χ0) is 15.6. The van der Waals surface area contributed by atoms with Crippen LogP contribution in [0.25, 0.3) is 0 Å². The Morgan fingerprint density at radius 3 is 2.76 bits per heavy atom. The second-order valence-electron chi connectivity index (χ2n) is 4.80. The highest BCUT2D eigenvalue weighted by Crippen LogP contribution is 2.34. The first-order chi connectivity index (χ1) is 9.93. The first-order valence-electron chi connectivity index (χ1n) is 6.57. The van der Waals surface area contributed by atoms with Gasteiger partial charge in [-0.2, -0.15) is 0 Å². The van der Waals surface area contributed by atoms with Crippen molar-refractivity contribution in [2.24, 2.45) is 0 Å². The topological polar surface area (TPSA) is 57.6 Å². The number of rotatable bonds is 4. The summed E-state index contributed by atoms with van der Waals surface area (Å²) in [4.78, 5) is 25.3. The summed E-state index contributed by atoms with van der Waals surface area (Å²) in [6, 6.07) is 3.04. The summed E-state index contributed by atoms with van der Waals surface area (Å²) in [5.41, 5.74) is 0.164. The number of halogens is 2. The van der Waals surface area contributed by atoms with Crippen LogP contribution in [-0.4, -0.2) is 39.1 Å². The van der Waals surface area contributed by atoms with Crippen LogP contribution in [0.1, 0.15) is 30.1 Å². The third-order valence-corrected chi connectivity index (χ3v) is 5.07. The third-order valence-electron chi connectivity index (χ3n) is 3.26. The summed E-state index contributed by atoms with van der Waals surface area (Å²) >= 11 is 4.61. The molecule has 2 atom stereocenters. The van der Waals surface area contributed by atoms with Gasteiger partial charge in [0.1, 0.15) is 11.9 Å². The van der Waals surface area contributed by atoms with Crippen molar-refractivity contribution in [3.63, 3.8) is 0 Å². The Labute approximate surface area is 134 Å². The molecule has 1 aliphatic rings. The second kappa shape index (κ2) is 6.79. The number of nitrogens with zero attached hydrogens (tertiary/aromatic N) is 1. The molecule has 2 rings (SSSR count). The zero-order valence-corrected chi connectivity index (χ0v) is 13.8. The van der Waals surface area contributed by atoms with Crippen molar-refractivity contribution in [3.05, 3.63) is 34.1 Å². The summed E-state index contributed by atoms with van der Waals surface area (Å²) in [5, 5.41) is 9.11. The average Bonchev–Trinajstić information content (AvgIpc) is 2.81. The molecule has 0 radical (unpaired) electrons. The highest BCUT2D eigenvalue weighted by atomic mass is 79.9. The number of aliphatic carboxylic acids is 1. The Balaban J connectivity index is 2.34. The van der Waals surface area contributed by atoms with Gasteiger partial charge < -0.3 is 10.0 Å². The molecule has 0 saturated carbocycles. The number of carboxylic acid groups (broad SMARTS) is 1. The summed E-state index contributed by atoms with van der Waals surface area (Å²) in [5.74, 6) is -1.63. The van der Waals surface area contributed by atoms with Crippen LogP contribution in [0.5, 0.6) is 0 Å². The van der Waals surface area contributed by atoms with Gasteiger partial charge in [-0.1, -0.05) is 29.3 Å². The highest BCUT2D eigenvalue weighted by molar-refractivity contribution is 9.10. The van der Waals surface area contributed by atoms with Crippen LogP contribution in [-0.2, 0) is 4.79 Å². The van der Waals surface area contributed by atoms with Crippen molar-refractivity contribution in [1.82, 2.24) is 4.90 Å². The molecule has 0 spiro atoms. The Hall–Kier alpha value is -1.08. The van der Waals surface area contributed by atoms with E-state index in [1.165, 1.54) is 28.8 Å². The van der Waals surface area contributed by atoms with Gasteiger partial charge in [-0.05, 0) is 24.6 Å². The fraction of sp³-hybridized carbons (Fsp3) is 0.429. The van der Waals surface area contributed by atoms with E-state index in [9.17, 15) is 19.1 Å². The lowest BCUT2D eigenvalue weighted by Crippen LogP contribution is -2.45. The SMILES string of the molecule is CCCC1SCC(C(=O)O)N1C(=O)c1cc(F)cc(Br)c1. The Morgan fingerprint density at radius 2 is 2.19 bits per heavy atom. The van der Waals surface area contributed by atoms with Crippen molar-refractivity contribution in [2.45, 2.75) is 31.2 Å². The van der Waals surface area contributed by atoms with Gasteiger partial charge in [0, 0.05) is 15.8 Å². The normalized spacial score (nSPS) is 21.6. The van der Waals surface area contributed by atoms with E-state index < -0.39 is 23.7 Å². The van der Waals surface area contributed by atoms with Gasteiger partial charge >= 0.3 is 5.97 Å². The summed E-state index contributed by atoms with van der Waals surface area (Å²) in [6.07, 6.45) is 1.57. The van der Waals surface area contributed by atoms with Crippen LogP contribution >= 0.6 is 27.7 Å². The Kier molecular flexibility index (Phi) is 5.27. The third kappa shape index (κ3) is 3.58. The molecule has 21 heavy (non-hydrogen) atoms. The van der Waals surface area contributed by atoms with Crippen LogP contribution in [0.2, 0.25) is 0 Å². The number of hydrogen-bond donors (Lipinski definition) is 1. The van der Waals surface area contributed by atoms with Crippen molar-refractivity contribution >= 4 is 39.6 Å². The predicted octanol–water partition coefficient (Wildman–Crippen LogP) is 3.36. The lowest BCUT2D eigenvalue weighted by molar-refractivity contribution is -0.141. The smallest absolute Gasteiger partial charge is 0.327 e. The largest absolute Gasteiger partial charge is 0.480 e. The molecule has 1 saturated heterocycles. The molecule has 114 valence electrons. The van der Waals surface area contributed by atoms with Crippen LogP contribution in [0.4, 0.5) is 4.39 Å². The van der Waals surface area contributed by atoms with E-state index in [-0.39, 0.29) is 10.9 Å². The number of hydrogen-bond acceptors (Lipinski definition) is 3. The molecule has 0 aliphatic carbocycles. The lowest BCUT2D eigenvalue weighted by atomic mass is 10.1. The maximum Gasteiger partial charge on any atom is 0.327 e. The van der Waals surface area contributed by atoms with Crippen LogP contribution in [0.3, 0.4) is 0 Å². The standard InChI is InChI=1S/C14H15BrFNO3S/c1-2-3-12-17(11(7-21-12)14(19)20)13(18)8-4-9(15)6-10(16)5-8/h4-6,11-12H,2-3,7H2,1H3,(H,19,20). The molecule has 1 aromatic rings. The first-order valence-corrected chi connectivity index (χ1v) is 8.41. The van der Waals surface area contributed by atoms with Gasteiger partial charge in [0.25, 0.3) is 5.91 Å². The minimum Gasteiger partial charge on any atom is -0.480 e. The van der Waals surface area contributed by atoms with Gasteiger partial charge in [0.05, 0.1) is 5.37 Å². The van der Waals surface area contributed by atoms with E-state index in [4.69, 9.17) is 0 Å². The minimum absolute atomic E-state index is 0.164. The van der Waals surface area contributed by atoms with Crippen LogP contribution < -0.4 is 0 Å². The van der Waals surface area contributed by atoms with E-state index in [1.807, 2.05) is 6.92 Å². The quantitative estimate of drug-likeness (QED) is 0.876. The number of carbonyl (C=O) groups excluding carboxylic acids is 1. The van der Waals surface area contributed by atoms with Crippen LogP contribution in [0, 0.1) is 5.82 Å². The molecular formula is C14H15BrFNO3S. The summed E-state index contributed by atoms with van der Waals surface area (Å²) in [7, 11) is 0. The Bertz CT molecular complexity index is 549. The number of carbonyl (C=O) groups is 2. The molecule has 1 fully saturated rings. The molecule has 1 heterocycles.